The molecule has 1 saturated carbocycles. The van der Waals surface area contributed by atoms with E-state index in [1.54, 1.807) is 13.3 Å². The molecule has 0 amide bonds. The fourth-order valence-electron chi connectivity index (χ4n) is 5.37. The van der Waals surface area contributed by atoms with Crippen LogP contribution in [0.4, 0.5) is 0 Å². The molecular weight excluding hydrogens is 472 g/mol. The smallest absolute Gasteiger partial charge is 0.309 e. The minimum atomic E-state index is -0.873. The number of methoxy groups -OCH3 is 1. The number of rotatable bonds is 10. The van der Waals surface area contributed by atoms with E-state index in [0.29, 0.717) is 42.0 Å². The van der Waals surface area contributed by atoms with Gasteiger partial charge in [0, 0.05) is 34.7 Å². The van der Waals surface area contributed by atoms with Crippen molar-refractivity contribution in [2.45, 2.75) is 62.7 Å². The second kappa shape index (κ2) is 11.5. The molecule has 34 heavy (non-hydrogen) atoms. The second-order valence-corrected chi connectivity index (χ2v) is 11.5. The number of halogens is 1. The maximum Gasteiger partial charge on any atom is 0.309 e. The number of aliphatic hydroxyl groups excluding tert-OH is 1. The van der Waals surface area contributed by atoms with Crippen LogP contribution in [0.1, 0.15) is 63.0 Å². The molecular formula is C26H35ClN2O4S. The van der Waals surface area contributed by atoms with E-state index in [1.165, 1.54) is 25.7 Å². The Bertz CT molecular complexity index is 990. The number of hydrogen-bond donors (Lipinski definition) is 2. The lowest BCUT2D eigenvalue weighted by Crippen LogP contribution is -2.45. The molecule has 1 aromatic heterocycles. The Morgan fingerprint density at radius 3 is 2.74 bits per heavy atom. The first-order valence-corrected chi connectivity index (χ1v) is 13.7. The fraction of sp³-hybridized carbons (Fsp3) is 0.615. The number of fused-ring (bicyclic) bond motifs is 1. The highest BCUT2D eigenvalue weighted by Crippen LogP contribution is 2.41. The summed E-state index contributed by atoms with van der Waals surface area (Å²) in [5.41, 5.74) is 0.506. The minimum absolute atomic E-state index is 0.333. The Balaban J connectivity index is 1.37. The van der Waals surface area contributed by atoms with Gasteiger partial charge in [-0.2, -0.15) is 11.8 Å². The maximum atomic E-state index is 12.3. The summed E-state index contributed by atoms with van der Waals surface area (Å²) in [6.07, 6.45) is 8.07. The highest BCUT2D eigenvalue weighted by molar-refractivity contribution is 7.99. The third-order valence-electron chi connectivity index (χ3n) is 7.63. The quantitative estimate of drug-likeness (QED) is 0.437. The molecule has 2 heterocycles. The number of aliphatic carboxylic acids is 1. The third kappa shape index (κ3) is 5.81. The molecule has 0 radical (unpaired) electrons. The van der Waals surface area contributed by atoms with Crippen LogP contribution in [-0.2, 0) is 4.79 Å². The minimum Gasteiger partial charge on any atom is -0.497 e. The highest BCUT2D eigenvalue weighted by atomic mass is 35.5. The predicted molar refractivity (Wildman–Crippen MR) is 138 cm³/mol. The SMILES string of the molecule is COc1ccc2ncc(Cl)c(C(O)CCC3(C(=O)O)CCN(CCSC4CCCC4)CC3)c2c1. The normalized spacial score (nSPS) is 20.0. The van der Waals surface area contributed by atoms with Gasteiger partial charge in [-0.25, -0.2) is 0 Å². The molecule has 1 atom stereocenters. The number of nitrogens with zero attached hydrogens (tertiary/aromatic N) is 2. The van der Waals surface area contributed by atoms with Crippen LogP contribution in [0.15, 0.2) is 24.4 Å². The van der Waals surface area contributed by atoms with Crippen LogP contribution < -0.4 is 4.74 Å². The molecule has 1 aromatic carbocycles. The first kappa shape index (κ1) is 25.5. The number of benzene rings is 1. The molecule has 1 saturated heterocycles. The van der Waals surface area contributed by atoms with Gasteiger partial charge in [0.25, 0.3) is 0 Å². The van der Waals surface area contributed by atoms with Crippen LogP contribution in [-0.4, -0.2) is 63.8 Å². The summed E-state index contributed by atoms with van der Waals surface area (Å²) >= 11 is 8.52. The van der Waals surface area contributed by atoms with E-state index < -0.39 is 17.5 Å². The van der Waals surface area contributed by atoms with Gasteiger partial charge < -0.3 is 19.8 Å². The van der Waals surface area contributed by atoms with Gasteiger partial charge in [0.15, 0.2) is 0 Å². The number of carboxylic acid groups (broad SMARTS) is 1. The summed E-state index contributed by atoms with van der Waals surface area (Å²) in [4.78, 5) is 19.1. The molecule has 1 unspecified atom stereocenters. The van der Waals surface area contributed by atoms with Crippen LogP contribution >= 0.6 is 23.4 Å². The number of piperidine rings is 1. The van der Waals surface area contributed by atoms with Gasteiger partial charge >= 0.3 is 5.97 Å². The number of hydrogen-bond acceptors (Lipinski definition) is 6. The van der Waals surface area contributed by atoms with Crippen molar-refractivity contribution < 1.29 is 19.7 Å². The van der Waals surface area contributed by atoms with Gasteiger partial charge in [-0.05, 0) is 69.8 Å². The molecule has 4 rings (SSSR count). The number of carboxylic acids is 1. The molecule has 2 aliphatic rings. The van der Waals surface area contributed by atoms with Crippen molar-refractivity contribution in [1.82, 2.24) is 9.88 Å². The van der Waals surface area contributed by atoms with E-state index in [1.807, 2.05) is 18.2 Å². The lowest BCUT2D eigenvalue weighted by molar-refractivity contribution is -0.153. The van der Waals surface area contributed by atoms with Gasteiger partial charge in [-0.1, -0.05) is 24.4 Å². The van der Waals surface area contributed by atoms with Crippen LogP contribution in [0, 0.1) is 5.41 Å². The lowest BCUT2D eigenvalue weighted by atomic mass is 9.74. The number of thioether (sulfide) groups is 1. The van der Waals surface area contributed by atoms with Gasteiger partial charge in [-0.15, -0.1) is 0 Å². The summed E-state index contributed by atoms with van der Waals surface area (Å²) in [5.74, 6) is 1.03. The fourth-order valence-corrected chi connectivity index (χ4v) is 7.01. The Morgan fingerprint density at radius 2 is 2.06 bits per heavy atom. The average Bonchev–Trinajstić information content (AvgIpc) is 3.36. The van der Waals surface area contributed by atoms with Crippen molar-refractivity contribution in [1.29, 1.82) is 0 Å². The first-order valence-electron chi connectivity index (χ1n) is 12.3. The zero-order valence-electron chi connectivity index (χ0n) is 19.8. The Kier molecular flexibility index (Phi) is 8.61. The molecule has 2 fully saturated rings. The predicted octanol–water partition coefficient (Wildman–Crippen LogP) is 5.55. The van der Waals surface area contributed by atoms with Crippen molar-refractivity contribution in [3.63, 3.8) is 0 Å². The molecule has 6 nitrogen and oxygen atoms in total. The number of pyridine rings is 1. The molecule has 1 aliphatic carbocycles. The van der Waals surface area contributed by atoms with Crippen LogP contribution in [0.5, 0.6) is 5.75 Å². The lowest BCUT2D eigenvalue weighted by Gasteiger charge is -2.39. The van der Waals surface area contributed by atoms with E-state index >= 15 is 0 Å². The Labute approximate surface area is 211 Å². The third-order valence-corrected chi connectivity index (χ3v) is 9.29. The average molecular weight is 507 g/mol. The summed E-state index contributed by atoms with van der Waals surface area (Å²) in [7, 11) is 1.59. The standard InChI is InChI=1S/C26H35ClN2O4S/c1-33-18-6-7-22-20(16-18)24(21(27)17-28-22)23(30)8-9-26(25(31)32)10-12-29(13-11-26)14-15-34-19-4-2-3-5-19/h6-7,16-17,19,23,30H,2-5,8-15H2,1H3,(H,31,32). The summed E-state index contributed by atoms with van der Waals surface area (Å²) < 4.78 is 5.33. The number of carbonyl (C=O) groups is 1. The Morgan fingerprint density at radius 1 is 1.32 bits per heavy atom. The number of likely N-dealkylation sites (tertiary alicyclic amines) is 1. The van der Waals surface area contributed by atoms with E-state index in [9.17, 15) is 15.0 Å². The van der Waals surface area contributed by atoms with Gasteiger partial charge in [0.1, 0.15) is 5.75 Å². The molecule has 8 heteroatoms. The first-order chi connectivity index (χ1) is 16.4. The molecule has 2 aromatic rings. The molecule has 1 aliphatic heterocycles. The van der Waals surface area contributed by atoms with Crippen molar-refractivity contribution in [2.75, 3.05) is 32.5 Å². The summed E-state index contributed by atoms with van der Waals surface area (Å²) in [5, 5.41) is 23.2. The topological polar surface area (TPSA) is 82.9 Å². The van der Waals surface area contributed by atoms with E-state index in [-0.39, 0.29) is 0 Å². The zero-order chi connectivity index (χ0) is 24.1. The molecule has 0 bridgehead atoms. The van der Waals surface area contributed by atoms with E-state index in [0.717, 1.165) is 41.5 Å². The second-order valence-electron chi connectivity index (χ2n) is 9.66. The van der Waals surface area contributed by atoms with Crippen LogP contribution in [0.25, 0.3) is 10.9 Å². The van der Waals surface area contributed by atoms with E-state index in [2.05, 4.69) is 21.6 Å². The largest absolute Gasteiger partial charge is 0.497 e. The monoisotopic (exact) mass is 506 g/mol. The van der Waals surface area contributed by atoms with Crippen molar-refractivity contribution in [2.24, 2.45) is 5.41 Å². The van der Waals surface area contributed by atoms with Crippen molar-refractivity contribution >= 4 is 40.2 Å². The van der Waals surface area contributed by atoms with Gasteiger partial charge in [-0.3, -0.25) is 9.78 Å². The van der Waals surface area contributed by atoms with Crippen LogP contribution in [0.2, 0.25) is 5.02 Å². The maximum absolute atomic E-state index is 12.3. The van der Waals surface area contributed by atoms with Gasteiger partial charge in [0.05, 0.1) is 29.2 Å². The zero-order valence-corrected chi connectivity index (χ0v) is 21.4. The molecule has 186 valence electrons. The Hall–Kier alpha value is -1.54. The number of aliphatic hydroxyl groups is 1. The molecule has 0 spiro atoms. The summed E-state index contributed by atoms with van der Waals surface area (Å²) in [6, 6.07) is 5.47. The van der Waals surface area contributed by atoms with Gasteiger partial charge in [0.2, 0.25) is 0 Å². The van der Waals surface area contributed by atoms with Crippen LogP contribution in [0.3, 0.4) is 0 Å². The van der Waals surface area contributed by atoms with Crippen molar-refractivity contribution in [3.8, 4) is 5.75 Å². The highest BCUT2D eigenvalue weighted by Gasteiger charge is 2.41. The van der Waals surface area contributed by atoms with Crippen molar-refractivity contribution in [3.05, 3.63) is 35.0 Å². The van der Waals surface area contributed by atoms with E-state index in [4.69, 9.17) is 16.3 Å². The number of ether oxygens (including phenoxy) is 1. The summed E-state index contributed by atoms with van der Waals surface area (Å²) in [6.45, 7) is 2.62. The number of aromatic nitrogens is 1. The molecule has 2 N–H and O–H groups in total.